The van der Waals surface area contributed by atoms with Crippen LogP contribution in [0.2, 0.25) is 0 Å². The predicted molar refractivity (Wildman–Crippen MR) is 76.3 cm³/mol. The normalized spacial score (nSPS) is 24.3. The zero-order chi connectivity index (χ0) is 12.5. The van der Waals surface area contributed by atoms with E-state index in [0.717, 1.165) is 25.1 Å². The van der Waals surface area contributed by atoms with E-state index in [1.165, 1.54) is 16.5 Å². The fourth-order valence-electron chi connectivity index (χ4n) is 2.86. The molecule has 18 heavy (non-hydrogen) atoms. The monoisotopic (exact) mass is 262 g/mol. The van der Waals surface area contributed by atoms with Crippen molar-refractivity contribution < 1.29 is 5.11 Å². The van der Waals surface area contributed by atoms with Gasteiger partial charge >= 0.3 is 0 Å². The van der Waals surface area contributed by atoms with Crippen LogP contribution < -0.4 is 4.90 Å². The number of hydrogen-bond donors (Lipinski definition) is 1. The lowest BCUT2D eigenvalue weighted by Crippen LogP contribution is -2.43. The molecule has 96 valence electrons. The van der Waals surface area contributed by atoms with Crippen molar-refractivity contribution >= 4 is 27.2 Å². The van der Waals surface area contributed by atoms with Gasteiger partial charge in [-0.2, -0.15) is 0 Å². The lowest BCUT2D eigenvalue weighted by Gasteiger charge is -2.36. The molecule has 2 heterocycles. The summed E-state index contributed by atoms with van der Waals surface area (Å²) in [5, 5.41) is 13.5. The highest BCUT2D eigenvalue weighted by atomic mass is 32.1. The summed E-state index contributed by atoms with van der Waals surface area (Å²) in [5.74, 6) is 1.000. The highest BCUT2D eigenvalue weighted by Crippen LogP contribution is 2.32. The van der Waals surface area contributed by atoms with Gasteiger partial charge in [-0.15, -0.1) is 11.3 Å². The second-order valence-electron chi connectivity index (χ2n) is 5.00. The van der Waals surface area contributed by atoms with E-state index in [0.29, 0.717) is 0 Å². The Morgan fingerprint density at radius 3 is 3.00 bits per heavy atom. The van der Waals surface area contributed by atoms with Crippen LogP contribution >= 0.6 is 11.3 Å². The van der Waals surface area contributed by atoms with Gasteiger partial charge in [0.1, 0.15) is 5.82 Å². The largest absolute Gasteiger partial charge is 0.391 e. The molecule has 0 spiro atoms. The maximum absolute atomic E-state index is 10.2. The summed E-state index contributed by atoms with van der Waals surface area (Å²) in [7, 11) is 2.05. The molecule has 0 amide bonds. The molecular weight excluding hydrogens is 244 g/mol. The van der Waals surface area contributed by atoms with Gasteiger partial charge in [0.15, 0.2) is 0 Å². The minimum Gasteiger partial charge on any atom is -0.391 e. The number of anilines is 1. The number of thiophene rings is 1. The van der Waals surface area contributed by atoms with Crippen molar-refractivity contribution in [3.8, 4) is 0 Å². The summed E-state index contributed by atoms with van der Waals surface area (Å²) in [5.41, 5.74) is 0. The first-order valence-corrected chi connectivity index (χ1v) is 7.38. The third-order valence-corrected chi connectivity index (χ3v) is 4.77. The van der Waals surface area contributed by atoms with Crippen LogP contribution in [0.5, 0.6) is 0 Å². The molecule has 0 saturated heterocycles. The molecule has 2 aromatic heterocycles. The summed E-state index contributed by atoms with van der Waals surface area (Å²) >= 11 is 1.74. The number of aromatic nitrogens is 1. The molecule has 3 rings (SSSR count). The minimum absolute atomic E-state index is 0.205. The quantitative estimate of drug-likeness (QED) is 0.903. The number of fused-ring (bicyclic) bond motifs is 1. The molecule has 3 nitrogen and oxygen atoms in total. The van der Waals surface area contributed by atoms with Crippen molar-refractivity contribution in [2.24, 2.45) is 0 Å². The Kier molecular flexibility index (Phi) is 3.22. The van der Waals surface area contributed by atoms with Crippen LogP contribution in [0.1, 0.15) is 25.7 Å². The topological polar surface area (TPSA) is 36.4 Å². The summed E-state index contributed by atoms with van der Waals surface area (Å²) in [6, 6.07) is 4.37. The van der Waals surface area contributed by atoms with Gasteiger partial charge in [0.05, 0.1) is 12.1 Å². The summed E-state index contributed by atoms with van der Waals surface area (Å²) in [6.45, 7) is 0. The predicted octanol–water partition coefficient (Wildman–Crippen LogP) is 3.04. The third kappa shape index (κ3) is 1.99. The number of aliphatic hydroxyl groups is 1. The van der Waals surface area contributed by atoms with Gasteiger partial charge in [0, 0.05) is 23.3 Å². The molecule has 0 bridgehead atoms. The molecule has 1 saturated carbocycles. The van der Waals surface area contributed by atoms with Crippen LogP contribution in [-0.4, -0.2) is 29.3 Å². The second-order valence-corrected chi connectivity index (χ2v) is 5.94. The molecule has 4 heteroatoms. The van der Waals surface area contributed by atoms with E-state index in [2.05, 4.69) is 34.4 Å². The first-order chi connectivity index (χ1) is 8.77. The van der Waals surface area contributed by atoms with Crippen molar-refractivity contribution in [2.75, 3.05) is 11.9 Å². The van der Waals surface area contributed by atoms with Crippen molar-refractivity contribution in [3.63, 3.8) is 0 Å². The van der Waals surface area contributed by atoms with Crippen LogP contribution in [-0.2, 0) is 0 Å². The van der Waals surface area contributed by atoms with Gasteiger partial charge in [-0.25, -0.2) is 4.98 Å². The number of nitrogens with zero attached hydrogens (tertiary/aromatic N) is 2. The average molecular weight is 262 g/mol. The Morgan fingerprint density at radius 1 is 1.33 bits per heavy atom. The molecular formula is C14H18N2OS. The van der Waals surface area contributed by atoms with E-state index < -0.39 is 0 Å². The van der Waals surface area contributed by atoms with Gasteiger partial charge in [0.2, 0.25) is 0 Å². The number of hydrogen-bond acceptors (Lipinski definition) is 4. The van der Waals surface area contributed by atoms with Crippen LogP contribution in [0.25, 0.3) is 10.1 Å². The standard InChI is InChI=1S/C14H18N2OS/c1-16(11-4-2-3-5-12(11)17)14-10-7-9-18-13(10)6-8-15-14/h6-9,11-12,17H,2-5H2,1H3. The van der Waals surface area contributed by atoms with Crippen LogP contribution in [0, 0.1) is 0 Å². The fourth-order valence-corrected chi connectivity index (χ4v) is 3.64. The maximum atomic E-state index is 10.2. The van der Waals surface area contributed by atoms with Gasteiger partial charge < -0.3 is 10.0 Å². The molecule has 0 aliphatic heterocycles. The van der Waals surface area contributed by atoms with E-state index in [1.54, 1.807) is 11.3 Å². The zero-order valence-electron chi connectivity index (χ0n) is 10.5. The van der Waals surface area contributed by atoms with Gasteiger partial charge in [-0.05, 0) is 30.4 Å². The first kappa shape index (κ1) is 11.9. The lowest BCUT2D eigenvalue weighted by atomic mass is 9.91. The minimum atomic E-state index is -0.223. The molecule has 2 atom stereocenters. The summed E-state index contributed by atoms with van der Waals surface area (Å²) < 4.78 is 1.26. The van der Waals surface area contributed by atoms with Gasteiger partial charge in [-0.3, -0.25) is 0 Å². The molecule has 1 aliphatic rings. The molecule has 1 N–H and O–H groups in total. The average Bonchev–Trinajstić information content (AvgIpc) is 2.86. The van der Waals surface area contributed by atoms with Crippen LogP contribution in [0.3, 0.4) is 0 Å². The summed E-state index contributed by atoms with van der Waals surface area (Å²) in [6.07, 6.45) is 5.95. The molecule has 0 aromatic carbocycles. The molecule has 2 aromatic rings. The van der Waals surface area contributed by atoms with E-state index in [1.807, 2.05) is 6.20 Å². The smallest absolute Gasteiger partial charge is 0.137 e. The second kappa shape index (κ2) is 4.86. The van der Waals surface area contributed by atoms with Crippen molar-refractivity contribution in [1.29, 1.82) is 0 Å². The number of likely N-dealkylation sites (N-methyl/N-ethyl adjacent to an activating group) is 1. The van der Waals surface area contributed by atoms with Crippen molar-refractivity contribution in [1.82, 2.24) is 4.98 Å². The number of rotatable bonds is 2. The number of aliphatic hydroxyl groups excluding tert-OH is 1. The Balaban J connectivity index is 1.95. The van der Waals surface area contributed by atoms with Crippen LogP contribution in [0.15, 0.2) is 23.7 Å². The van der Waals surface area contributed by atoms with E-state index in [4.69, 9.17) is 0 Å². The molecule has 2 unspecified atom stereocenters. The third-order valence-electron chi connectivity index (χ3n) is 3.88. The first-order valence-electron chi connectivity index (χ1n) is 6.50. The van der Waals surface area contributed by atoms with Gasteiger partial charge in [-0.1, -0.05) is 12.8 Å². The maximum Gasteiger partial charge on any atom is 0.137 e. The molecule has 1 fully saturated rings. The number of pyridine rings is 1. The van der Waals surface area contributed by atoms with E-state index >= 15 is 0 Å². The van der Waals surface area contributed by atoms with Gasteiger partial charge in [0.25, 0.3) is 0 Å². The van der Waals surface area contributed by atoms with E-state index in [-0.39, 0.29) is 12.1 Å². The Bertz CT molecular complexity index is 539. The zero-order valence-corrected chi connectivity index (χ0v) is 11.4. The van der Waals surface area contributed by atoms with Crippen molar-refractivity contribution in [2.45, 2.75) is 37.8 Å². The Hall–Kier alpha value is -1.13. The SMILES string of the molecule is CN(c1nccc2sccc12)C1CCCCC1O. The highest BCUT2D eigenvalue weighted by Gasteiger charge is 2.28. The Morgan fingerprint density at radius 2 is 2.17 bits per heavy atom. The Labute approximate surface area is 111 Å². The fraction of sp³-hybridized carbons (Fsp3) is 0.500. The van der Waals surface area contributed by atoms with E-state index in [9.17, 15) is 5.11 Å². The van der Waals surface area contributed by atoms with Crippen molar-refractivity contribution in [3.05, 3.63) is 23.7 Å². The molecule has 0 radical (unpaired) electrons. The summed E-state index contributed by atoms with van der Waals surface area (Å²) in [4.78, 5) is 6.68. The highest BCUT2D eigenvalue weighted by molar-refractivity contribution is 7.17. The molecule has 1 aliphatic carbocycles. The van der Waals surface area contributed by atoms with Crippen LogP contribution in [0.4, 0.5) is 5.82 Å². The lowest BCUT2D eigenvalue weighted by molar-refractivity contribution is 0.106.